The first-order chi connectivity index (χ1) is 10.6. The fourth-order valence-corrected chi connectivity index (χ4v) is 1.60. The molecule has 0 aromatic heterocycles. The number of nitrogens with one attached hydrogen (secondary N) is 2. The number of amides is 3. The summed E-state index contributed by atoms with van der Waals surface area (Å²) in [6, 6.07) is 0.0994. The van der Waals surface area contributed by atoms with E-state index in [0.717, 1.165) is 6.92 Å². The monoisotopic (exact) mass is 335 g/mol. The summed E-state index contributed by atoms with van der Waals surface area (Å²) in [5.41, 5.74) is 1.51. The molecule has 0 aliphatic carbocycles. The molecule has 0 spiro atoms. The zero-order chi connectivity index (χ0) is 17.9. The van der Waals surface area contributed by atoms with Crippen molar-refractivity contribution in [3.8, 4) is 0 Å². The van der Waals surface area contributed by atoms with Crippen LogP contribution in [-0.4, -0.2) is 29.8 Å². The van der Waals surface area contributed by atoms with Gasteiger partial charge < -0.3 is 16.4 Å². The van der Waals surface area contributed by atoms with Gasteiger partial charge >= 0.3 is 0 Å². The topological polar surface area (TPSA) is 101 Å². The van der Waals surface area contributed by atoms with Gasteiger partial charge in [0.1, 0.15) is 0 Å². The van der Waals surface area contributed by atoms with Crippen LogP contribution in [0.25, 0.3) is 0 Å². The van der Waals surface area contributed by atoms with Crippen LogP contribution < -0.4 is 16.4 Å². The van der Waals surface area contributed by atoms with Crippen LogP contribution in [0, 0.1) is 23.3 Å². The molecule has 126 valence electrons. The van der Waals surface area contributed by atoms with Gasteiger partial charge in [-0.25, -0.2) is 17.6 Å². The summed E-state index contributed by atoms with van der Waals surface area (Å²) >= 11 is 0. The van der Waals surface area contributed by atoms with Crippen LogP contribution in [0.5, 0.6) is 0 Å². The van der Waals surface area contributed by atoms with E-state index in [1.807, 2.05) is 0 Å². The van der Waals surface area contributed by atoms with Crippen molar-refractivity contribution in [1.29, 1.82) is 0 Å². The first-order valence-electron chi connectivity index (χ1n) is 6.29. The van der Waals surface area contributed by atoms with Gasteiger partial charge in [-0.1, -0.05) is 0 Å². The van der Waals surface area contributed by atoms with Crippen molar-refractivity contribution in [3.05, 3.63) is 34.9 Å². The Kier molecular flexibility index (Phi) is 5.30. The molecular formula is C13H13F4N3O3. The largest absolute Gasteiger partial charge is 0.367 e. The van der Waals surface area contributed by atoms with Crippen LogP contribution in [0.15, 0.2) is 6.07 Å². The standard InChI is InChI=1S/C13H13F4N3O3/c1-3-19-12(23)13(2,11(18)22)20-10(21)5-4-6(14)8(16)9(17)7(5)15/h4H,3H2,1-2H3,(H2,18,22)(H,19,23)(H,20,21). The number of carbonyl (C=O) groups excluding carboxylic acids is 3. The molecule has 1 aromatic rings. The number of hydrogen-bond donors (Lipinski definition) is 3. The van der Waals surface area contributed by atoms with Crippen molar-refractivity contribution < 1.29 is 31.9 Å². The van der Waals surface area contributed by atoms with E-state index in [4.69, 9.17) is 5.73 Å². The van der Waals surface area contributed by atoms with Crippen LogP contribution in [0.1, 0.15) is 24.2 Å². The van der Waals surface area contributed by atoms with E-state index in [9.17, 15) is 31.9 Å². The van der Waals surface area contributed by atoms with Crippen molar-refractivity contribution >= 4 is 17.7 Å². The van der Waals surface area contributed by atoms with E-state index < -0.39 is 52.1 Å². The third kappa shape index (κ3) is 3.41. The quantitative estimate of drug-likeness (QED) is 0.313. The van der Waals surface area contributed by atoms with Crippen molar-refractivity contribution in [2.45, 2.75) is 19.4 Å². The highest BCUT2D eigenvalue weighted by atomic mass is 19.2. The lowest BCUT2D eigenvalue weighted by Gasteiger charge is -2.26. The van der Waals surface area contributed by atoms with Crippen LogP contribution >= 0.6 is 0 Å². The number of rotatable bonds is 5. The van der Waals surface area contributed by atoms with Crippen LogP contribution in [0.2, 0.25) is 0 Å². The smallest absolute Gasteiger partial charge is 0.255 e. The van der Waals surface area contributed by atoms with Crippen molar-refractivity contribution in [2.24, 2.45) is 5.73 Å². The molecule has 0 aliphatic heterocycles. The van der Waals surface area contributed by atoms with Crippen LogP contribution in [0.4, 0.5) is 17.6 Å². The minimum absolute atomic E-state index is 0.0890. The van der Waals surface area contributed by atoms with Crippen LogP contribution in [-0.2, 0) is 9.59 Å². The average molecular weight is 335 g/mol. The molecule has 4 N–H and O–H groups in total. The van der Waals surface area contributed by atoms with Crippen LogP contribution in [0.3, 0.4) is 0 Å². The predicted octanol–water partition coefficient (Wildman–Crippen LogP) is 0.353. The van der Waals surface area contributed by atoms with Gasteiger partial charge in [0.15, 0.2) is 28.8 Å². The molecule has 0 heterocycles. The van der Waals surface area contributed by atoms with E-state index in [2.05, 4.69) is 5.32 Å². The molecular weight excluding hydrogens is 322 g/mol. The SMILES string of the molecule is CCNC(=O)C(C)(NC(=O)c1cc(F)c(F)c(F)c1F)C(N)=O. The van der Waals surface area contributed by atoms with E-state index in [-0.39, 0.29) is 12.6 Å². The Bertz CT molecular complexity index is 681. The summed E-state index contributed by atoms with van der Waals surface area (Å²) in [5.74, 6) is -11.9. The van der Waals surface area contributed by atoms with Crippen molar-refractivity contribution in [2.75, 3.05) is 6.54 Å². The van der Waals surface area contributed by atoms with Gasteiger partial charge in [0, 0.05) is 6.54 Å². The molecule has 6 nitrogen and oxygen atoms in total. The highest BCUT2D eigenvalue weighted by molar-refractivity contribution is 6.12. The molecule has 1 rings (SSSR count). The molecule has 23 heavy (non-hydrogen) atoms. The summed E-state index contributed by atoms with van der Waals surface area (Å²) in [4.78, 5) is 35.2. The van der Waals surface area contributed by atoms with Gasteiger partial charge in [0.2, 0.25) is 0 Å². The Balaban J connectivity index is 3.25. The van der Waals surface area contributed by atoms with Crippen molar-refractivity contribution in [1.82, 2.24) is 10.6 Å². The number of benzene rings is 1. The van der Waals surface area contributed by atoms with Gasteiger partial charge in [-0.2, -0.15) is 0 Å². The zero-order valence-electron chi connectivity index (χ0n) is 12.1. The minimum Gasteiger partial charge on any atom is -0.367 e. The summed E-state index contributed by atoms with van der Waals surface area (Å²) in [5, 5.41) is 4.00. The number of halogens is 4. The maximum absolute atomic E-state index is 13.6. The van der Waals surface area contributed by atoms with E-state index in [1.165, 1.54) is 6.92 Å². The zero-order valence-corrected chi connectivity index (χ0v) is 12.1. The van der Waals surface area contributed by atoms with Gasteiger partial charge in [-0.3, -0.25) is 14.4 Å². The fraction of sp³-hybridized carbons (Fsp3) is 0.308. The maximum Gasteiger partial charge on any atom is 0.255 e. The Morgan fingerprint density at radius 1 is 1.13 bits per heavy atom. The second-order valence-corrected chi connectivity index (χ2v) is 4.65. The molecule has 0 fully saturated rings. The molecule has 0 saturated carbocycles. The van der Waals surface area contributed by atoms with Gasteiger partial charge in [0.05, 0.1) is 5.56 Å². The molecule has 0 bridgehead atoms. The first-order valence-corrected chi connectivity index (χ1v) is 6.29. The van der Waals surface area contributed by atoms with E-state index in [1.54, 1.807) is 5.32 Å². The lowest BCUT2D eigenvalue weighted by atomic mass is 9.99. The number of likely N-dealkylation sites (N-methyl/N-ethyl adjacent to an activating group) is 1. The number of carbonyl (C=O) groups is 3. The Morgan fingerprint density at radius 2 is 1.70 bits per heavy atom. The Morgan fingerprint density at radius 3 is 2.17 bits per heavy atom. The summed E-state index contributed by atoms with van der Waals surface area (Å²) < 4.78 is 52.7. The number of nitrogens with two attached hydrogens (primary N) is 1. The molecule has 0 aliphatic rings. The maximum atomic E-state index is 13.6. The minimum atomic E-state index is -2.30. The molecule has 10 heteroatoms. The normalized spacial score (nSPS) is 13.1. The lowest BCUT2D eigenvalue weighted by Crippen LogP contribution is -2.64. The average Bonchev–Trinajstić information content (AvgIpc) is 2.48. The molecule has 1 atom stereocenters. The molecule has 3 amide bonds. The van der Waals surface area contributed by atoms with E-state index >= 15 is 0 Å². The Labute approximate surface area is 128 Å². The van der Waals surface area contributed by atoms with Gasteiger partial charge in [-0.05, 0) is 19.9 Å². The second-order valence-electron chi connectivity index (χ2n) is 4.65. The fourth-order valence-electron chi connectivity index (χ4n) is 1.60. The third-order valence-electron chi connectivity index (χ3n) is 3.00. The highest BCUT2D eigenvalue weighted by Crippen LogP contribution is 2.19. The number of primary amides is 1. The summed E-state index contributed by atoms with van der Waals surface area (Å²) in [7, 11) is 0. The summed E-state index contributed by atoms with van der Waals surface area (Å²) in [6.07, 6.45) is 0. The van der Waals surface area contributed by atoms with Gasteiger partial charge in [0.25, 0.3) is 17.7 Å². The predicted molar refractivity (Wildman–Crippen MR) is 70.0 cm³/mol. The molecule has 0 saturated heterocycles. The molecule has 1 aromatic carbocycles. The number of hydrogen-bond acceptors (Lipinski definition) is 3. The first kappa shape index (κ1) is 18.4. The van der Waals surface area contributed by atoms with E-state index in [0.29, 0.717) is 0 Å². The second kappa shape index (κ2) is 6.63. The third-order valence-corrected chi connectivity index (χ3v) is 3.00. The Hall–Kier alpha value is -2.65. The molecule has 1 unspecified atom stereocenters. The highest BCUT2D eigenvalue weighted by Gasteiger charge is 2.41. The molecule has 0 radical (unpaired) electrons. The lowest BCUT2D eigenvalue weighted by molar-refractivity contribution is -0.135. The van der Waals surface area contributed by atoms with Crippen molar-refractivity contribution in [3.63, 3.8) is 0 Å². The summed E-state index contributed by atoms with van der Waals surface area (Å²) in [6.45, 7) is 2.53. The van der Waals surface area contributed by atoms with Gasteiger partial charge in [-0.15, -0.1) is 0 Å².